The summed E-state index contributed by atoms with van der Waals surface area (Å²) in [4.78, 5) is 2.24. The molecule has 1 heterocycles. The van der Waals surface area contributed by atoms with Gasteiger partial charge in [-0.3, -0.25) is 0 Å². The van der Waals surface area contributed by atoms with Crippen LogP contribution < -0.4 is 4.74 Å². The molecule has 6 heteroatoms. The van der Waals surface area contributed by atoms with Crippen molar-refractivity contribution < 1.29 is 18.8 Å². The Morgan fingerprint density at radius 3 is 2.77 bits per heavy atom. The Hall–Kier alpha value is -2.86. The van der Waals surface area contributed by atoms with Gasteiger partial charge in [-0.25, -0.2) is 4.39 Å². The number of nitrogens with zero attached hydrogens (tertiary/aromatic N) is 2. The number of benzene rings is 2. The summed E-state index contributed by atoms with van der Waals surface area (Å²) in [5.41, 5.74) is 3.28. The molecule has 1 aliphatic rings. The Morgan fingerprint density at radius 1 is 1.20 bits per heavy atom. The van der Waals surface area contributed by atoms with Gasteiger partial charge in [0.2, 0.25) is 0 Å². The highest BCUT2D eigenvalue weighted by molar-refractivity contribution is 5.91. The number of hydrogen-bond acceptors (Lipinski definition) is 5. The third-order valence-corrected chi connectivity index (χ3v) is 5.49. The van der Waals surface area contributed by atoms with E-state index in [1.807, 2.05) is 24.3 Å². The maximum Gasteiger partial charge on any atom is 0.170 e. The summed E-state index contributed by atoms with van der Waals surface area (Å²) in [5.74, 6) is 0.325. The van der Waals surface area contributed by atoms with E-state index >= 15 is 0 Å². The molecule has 0 amide bonds. The number of halogens is 1. The van der Waals surface area contributed by atoms with Gasteiger partial charge in [0.1, 0.15) is 30.0 Å². The summed E-state index contributed by atoms with van der Waals surface area (Å²) in [6.07, 6.45) is 6.41. The summed E-state index contributed by atoms with van der Waals surface area (Å²) < 4.78 is 24.3. The lowest BCUT2D eigenvalue weighted by atomic mass is 10.0. The molecule has 158 valence electrons. The number of likely N-dealkylation sites (N-methyl/N-ethyl adjacent to an activating group) is 1. The number of allylic oxidation sites excluding steroid dienone is 2. The first-order chi connectivity index (χ1) is 14.6. The van der Waals surface area contributed by atoms with Gasteiger partial charge in [0.05, 0.1) is 0 Å². The molecule has 2 aromatic carbocycles. The zero-order valence-electron chi connectivity index (χ0n) is 17.2. The molecule has 1 N–H and O–H groups in total. The fourth-order valence-electron chi connectivity index (χ4n) is 3.89. The number of hydrogen-bond donors (Lipinski definition) is 1. The number of aliphatic hydroxyl groups excluding tert-OH is 1. The minimum Gasteiger partial charge on any atom is -0.491 e. The van der Waals surface area contributed by atoms with Gasteiger partial charge in [-0.2, -0.15) is 0 Å². The summed E-state index contributed by atoms with van der Waals surface area (Å²) in [6, 6.07) is 11.8. The molecular formula is C24H27FN2O3. The fourth-order valence-corrected chi connectivity index (χ4v) is 3.89. The van der Waals surface area contributed by atoms with Crippen LogP contribution in [0.15, 0.2) is 58.8 Å². The number of rotatable bonds is 8. The van der Waals surface area contributed by atoms with Crippen molar-refractivity contribution in [3.8, 4) is 17.0 Å². The zero-order valence-corrected chi connectivity index (χ0v) is 17.2. The molecule has 1 unspecified atom stereocenters. The van der Waals surface area contributed by atoms with E-state index in [9.17, 15) is 9.50 Å². The van der Waals surface area contributed by atoms with Crippen molar-refractivity contribution in [2.75, 3.05) is 19.7 Å². The second-order valence-corrected chi connectivity index (χ2v) is 7.64. The van der Waals surface area contributed by atoms with Crippen LogP contribution >= 0.6 is 0 Å². The summed E-state index contributed by atoms with van der Waals surface area (Å²) in [6.45, 7) is 3.80. The van der Waals surface area contributed by atoms with Crippen LogP contribution in [0.5, 0.6) is 5.75 Å². The van der Waals surface area contributed by atoms with Crippen LogP contribution in [-0.2, 0) is 0 Å². The maximum absolute atomic E-state index is 13.3. The van der Waals surface area contributed by atoms with Gasteiger partial charge in [-0.05, 0) is 69.0 Å². The highest BCUT2D eigenvalue weighted by atomic mass is 19.1. The first kappa shape index (κ1) is 20.4. The van der Waals surface area contributed by atoms with Crippen molar-refractivity contribution in [3.63, 3.8) is 0 Å². The first-order valence-corrected chi connectivity index (χ1v) is 10.5. The maximum atomic E-state index is 13.3. The van der Waals surface area contributed by atoms with Crippen molar-refractivity contribution in [3.05, 3.63) is 60.1 Å². The Balaban J connectivity index is 1.35. The van der Waals surface area contributed by atoms with E-state index in [0.29, 0.717) is 23.6 Å². The van der Waals surface area contributed by atoms with E-state index in [1.54, 1.807) is 6.07 Å². The number of aromatic nitrogens is 1. The number of fused-ring (bicyclic) bond motifs is 1. The van der Waals surface area contributed by atoms with Crippen molar-refractivity contribution in [2.24, 2.45) is 0 Å². The second-order valence-electron chi connectivity index (χ2n) is 7.64. The highest BCUT2D eigenvalue weighted by Gasteiger charge is 2.16. The van der Waals surface area contributed by atoms with Gasteiger partial charge < -0.3 is 19.3 Å². The van der Waals surface area contributed by atoms with Crippen LogP contribution in [-0.4, -0.2) is 41.0 Å². The largest absolute Gasteiger partial charge is 0.491 e. The molecule has 5 nitrogen and oxygen atoms in total. The van der Waals surface area contributed by atoms with Crippen molar-refractivity contribution in [2.45, 2.75) is 38.7 Å². The summed E-state index contributed by atoms with van der Waals surface area (Å²) >= 11 is 0. The quantitative estimate of drug-likeness (QED) is 0.556. The summed E-state index contributed by atoms with van der Waals surface area (Å²) in [7, 11) is 0. The van der Waals surface area contributed by atoms with E-state index in [2.05, 4.69) is 23.1 Å². The summed E-state index contributed by atoms with van der Waals surface area (Å²) in [5, 5.41) is 15.3. The van der Waals surface area contributed by atoms with Gasteiger partial charge >= 0.3 is 0 Å². The lowest BCUT2D eigenvalue weighted by Gasteiger charge is -2.30. The SMILES string of the molecule is CCN(CC(O)COc1ccc(-c2noc3cc(F)ccc23)cc1)C1=CCCCC1. The third kappa shape index (κ3) is 4.65. The molecule has 0 aliphatic heterocycles. The van der Waals surface area contributed by atoms with Crippen LogP contribution in [0.25, 0.3) is 22.2 Å². The zero-order chi connectivity index (χ0) is 20.9. The Morgan fingerprint density at radius 2 is 2.03 bits per heavy atom. The Labute approximate surface area is 175 Å². The smallest absolute Gasteiger partial charge is 0.170 e. The van der Waals surface area contributed by atoms with Crippen molar-refractivity contribution in [1.29, 1.82) is 0 Å². The lowest BCUT2D eigenvalue weighted by Crippen LogP contribution is -2.35. The van der Waals surface area contributed by atoms with Gasteiger partial charge in [0.15, 0.2) is 5.58 Å². The number of ether oxygens (including phenoxy) is 1. The highest BCUT2D eigenvalue weighted by Crippen LogP contribution is 2.29. The average molecular weight is 410 g/mol. The van der Waals surface area contributed by atoms with E-state index < -0.39 is 6.10 Å². The average Bonchev–Trinajstić information content (AvgIpc) is 3.20. The predicted molar refractivity (Wildman–Crippen MR) is 115 cm³/mol. The fraction of sp³-hybridized carbons (Fsp3) is 0.375. The minimum atomic E-state index is -0.568. The van der Waals surface area contributed by atoms with Gasteiger partial charge in [-0.15, -0.1) is 0 Å². The lowest BCUT2D eigenvalue weighted by molar-refractivity contribution is 0.0783. The molecule has 1 atom stereocenters. The minimum absolute atomic E-state index is 0.231. The molecule has 0 saturated heterocycles. The molecule has 1 aromatic heterocycles. The molecule has 0 fully saturated rings. The molecule has 4 rings (SSSR count). The first-order valence-electron chi connectivity index (χ1n) is 10.5. The van der Waals surface area contributed by atoms with Crippen molar-refractivity contribution in [1.82, 2.24) is 10.1 Å². The van der Waals surface area contributed by atoms with Crippen LogP contribution in [0.3, 0.4) is 0 Å². The molecular weight excluding hydrogens is 383 g/mol. The van der Waals surface area contributed by atoms with Gasteiger partial charge in [0.25, 0.3) is 0 Å². The molecule has 1 aliphatic carbocycles. The van der Waals surface area contributed by atoms with E-state index in [4.69, 9.17) is 9.26 Å². The van der Waals surface area contributed by atoms with E-state index in [1.165, 1.54) is 30.7 Å². The topological polar surface area (TPSA) is 58.7 Å². The molecule has 0 spiro atoms. The van der Waals surface area contributed by atoms with E-state index in [-0.39, 0.29) is 12.4 Å². The Kier molecular flexibility index (Phi) is 6.33. The van der Waals surface area contributed by atoms with E-state index in [0.717, 1.165) is 30.3 Å². The van der Waals surface area contributed by atoms with Crippen LogP contribution in [0, 0.1) is 5.82 Å². The van der Waals surface area contributed by atoms with Gasteiger partial charge in [-0.1, -0.05) is 11.2 Å². The number of aliphatic hydroxyl groups is 1. The second kappa shape index (κ2) is 9.30. The molecule has 0 radical (unpaired) electrons. The molecule has 0 bridgehead atoms. The predicted octanol–water partition coefficient (Wildman–Crippen LogP) is 5.15. The Bertz CT molecular complexity index is 1010. The van der Waals surface area contributed by atoms with Crippen LogP contribution in [0.2, 0.25) is 0 Å². The van der Waals surface area contributed by atoms with Crippen LogP contribution in [0.4, 0.5) is 4.39 Å². The standard InChI is InChI=1S/C24H27FN2O3/c1-2-27(19-6-4-3-5-7-19)15-20(28)16-29-21-11-8-17(9-12-21)24-22-13-10-18(25)14-23(22)30-26-24/h6,8-14,20,28H,2-5,7,15-16H2,1H3. The van der Waals surface area contributed by atoms with Crippen molar-refractivity contribution >= 4 is 11.0 Å². The molecule has 30 heavy (non-hydrogen) atoms. The third-order valence-electron chi connectivity index (χ3n) is 5.49. The monoisotopic (exact) mass is 410 g/mol. The molecule has 0 saturated carbocycles. The van der Waals surface area contributed by atoms with Gasteiger partial charge in [0, 0.05) is 35.8 Å². The van der Waals surface area contributed by atoms with Crippen LogP contribution in [0.1, 0.15) is 32.6 Å². The normalized spacial score (nSPS) is 15.1. The molecule has 3 aromatic rings.